The molecule has 0 radical (unpaired) electrons. The molecule has 0 aliphatic carbocycles. The van der Waals surface area contributed by atoms with Gasteiger partial charge in [-0.05, 0) is 38.3 Å². The summed E-state index contributed by atoms with van der Waals surface area (Å²) in [4.78, 5) is 12.5. The molecule has 0 saturated heterocycles. The smallest absolute Gasteiger partial charge is 0.237 e. The highest BCUT2D eigenvalue weighted by Gasteiger charge is 2.24. The van der Waals surface area contributed by atoms with Crippen LogP contribution in [0.5, 0.6) is 0 Å². The molecule has 1 aliphatic heterocycles. The van der Waals surface area contributed by atoms with E-state index in [1.807, 2.05) is 23.7 Å². The second kappa shape index (κ2) is 6.54. The van der Waals surface area contributed by atoms with Gasteiger partial charge < -0.3 is 10.6 Å². The van der Waals surface area contributed by atoms with Gasteiger partial charge in [-0.3, -0.25) is 9.48 Å². The Morgan fingerprint density at radius 1 is 1.35 bits per heavy atom. The topological polar surface area (TPSA) is 59.0 Å². The number of nitrogens with one attached hydrogen (secondary N) is 2. The summed E-state index contributed by atoms with van der Waals surface area (Å²) in [5.41, 5.74) is 5.79. The number of carbonyl (C=O) groups is 1. The molecule has 0 fully saturated rings. The summed E-state index contributed by atoms with van der Waals surface area (Å²) in [5, 5.41) is 10.9. The summed E-state index contributed by atoms with van der Waals surface area (Å²) >= 11 is 0. The van der Waals surface area contributed by atoms with Crippen LogP contribution in [0, 0.1) is 13.8 Å². The van der Waals surface area contributed by atoms with Crippen molar-refractivity contribution in [2.75, 3.05) is 0 Å². The Kier molecular flexibility index (Phi) is 4.48. The normalized spacial score (nSPS) is 16.9. The first-order chi connectivity index (χ1) is 11.1. The quantitative estimate of drug-likeness (QED) is 0.906. The van der Waals surface area contributed by atoms with Gasteiger partial charge in [-0.15, -0.1) is 0 Å². The van der Waals surface area contributed by atoms with Gasteiger partial charge in [-0.1, -0.05) is 24.3 Å². The zero-order valence-corrected chi connectivity index (χ0v) is 14.0. The van der Waals surface area contributed by atoms with Gasteiger partial charge in [0.1, 0.15) is 0 Å². The van der Waals surface area contributed by atoms with Crippen LogP contribution in [0.15, 0.2) is 24.3 Å². The monoisotopic (exact) mass is 312 g/mol. The average molecular weight is 312 g/mol. The van der Waals surface area contributed by atoms with E-state index in [1.165, 1.54) is 11.1 Å². The van der Waals surface area contributed by atoms with E-state index in [1.54, 1.807) is 0 Å². The number of aromatic nitrogens is 2. The van der Waals surface area contributed by atoms with Gasteiger partial charge in [0.25, 0.3) is 0 Å². The number of amides is 1. The minimum atomic E-state index is -0.160. The fraction of sp³-hybridized carbons (Fsp3) is 0.444. The first-order valence-corrected chi connectivity index (χ1v) is 8.21. The third-order valence-electron chi connectivity index (χ3n) is 4.67. The number of benzene rings is 1. The van der Waals surface area contributed by atoms with Crippen LogP contribution in [0.1, 0.15) is 35.0 Å². The Hall–Kier alpha value is -2.14. The first-order valence-electron chi connectivity index (χ1n) is 8.21. The Morgan fingerprint density at radius 2 is 2.09 bits per heavy atom. The van der Waals surface area contributed by atoms with E-state index in [4.69, 9.17) is 0 Å². The highest BCUT2D eigenvalue weighted by molar-refractivity contribution is 5.82. The first kappa shape index (κ1) is 15.7. The second-order valence-electron chi connectivity index (χ2n) is 6.09. The largest absolute Gasteiger partial charge is 0.351 e. The van der Waals surface area contributed by atoms with Gasteiger partial charge in [0, 0.05) is 30.9 Å². The van der Waals surface area contributed by atoms with Crippen LogP contribution in [-0.4, -0.2) is 21.7 Å². The van der Waals surface area contributed by atoms with Crippen LogP contribution in [0.25, 0.3) is 0 Å². The predicted molar refractivity (Wildman–Crippen MR) is 90.0 cm³/mol. The summed E-state index contributed by atoms with van der Waals surface area (Å²) in [6.07, 6.45) is 0.744. The average Bonchev–Trinajstić information content (AvgIpc) is 2.85. The van der Waals surface area contributed by atoms with Crippen LogP contribution >= 0.6 is 0 Å². The zero-order chi connectivity index (χ0) is 16.4. The third-order valence-corrected chi connectivity index (χ3v) is 4.67. The maximum Gasteiger partial charge on any atom is 0.237 e. The molecule has 1 aliphatic rings. The maximum absolute atomic E-state index is 12.5. The molecule has 3 rings (SSSR count). The van der Waals surface area contributed by atoms with Crippen molar-refractivity contribution in [1.29, 1.82) is 0 Å². The molecule has 0 bridgehead atoms. The summed E-state index contributed by atoms with van der Waals surface area (Å²) in [7, 11) is 0. The fourth-order valence-electron chi connectivity index (χ4n) is 3.24. The van der Waals surface area contributed by atoms with Crippen molar-refractivity contribution < 1.29 is 4.79 Å². The molecular weight excluding hydrogens is 288 g/mol. The van der Waals surface area contributed by atoms with Crippen LogP contribution in [-0.2, 0) is 30.8 Å². The van der Waals surface area contributed by atoms with Gasteiger partial charge in [-0.25, -0.2) is 0 Å². The maximum atomic E-state index is 12.5. The number of rotatable bonds is 4. The number of fused-ring (bicyclic) bond motifs is 1. The van der Waals surface area contributed by atoms with Gasteiger partial charge in [0.15, 0.2) is 0 Å². The molecule has 23 heavy (non-hydrogen) atoms. The highest BCUT2D eigenvalue weighted by atomic mass is 16.2. The van der Waals surface area contributed by atoms with Crippen molar-refractivity contribution in [3.63, 3.8) is 0 Å². The van der Waals surface area contributed by atoms with Gasteiger partial charge in [0.05, 0.1) is 11.7 Å². The number of hydrogen-bond acceptors (Lipinski definition) is 3. The van der Waals surface area contributed by atoms with Gasteiger partial charge >= 0.3 is 0 Å². The number of aryl methyl sites for hydroxylation is 2. The summed E-state index contributed by atoms with van der Waals surface area (Å²) in [6.45, 7) is 8.26. The van der Waals surface area contributed by atoms with Crippen LogP contribution in [0.3, 0.4) is 0 Å². The van der Waals surface area contributed by atoms with Crippen molar-refractivity contribution in [3.8, 4) is 0 Å². The number of carbonyl (C=O) groups excluding carboxylic acids is 1. The number of nitrogens with zero attached hydrogens (tertiary/aromatic N) is 2. The standard InChI is InChI=1S/C18H24N4O/c1-4-22-13(3)16(12(2)21-22)11-20-18(23)17-9-14-7-5-6-8-15(14)10-19-17/h5-8,17,19H,4,9-11H2,1-3H3,(H,20,23)/t17-/m1/s1. The van der Waals surface area contributed by atoms with E-state index < -0.39 is 0 Å². The molecule has 2 heterocycles. The Morgan fingerprint density at radius 3 is 2.78 bits per heavy atom. The van der Waals surface area contributed by atoms with E-state index in [0.717, 1.165) is 36.5 Å². The van der Waals surface area contributed by atoms with Crippen LogP contribution < -0.4 is 10.6 Å². The van der Waals surface area contributed by atoms with E-state index in [0.29, 0.717) is 6.54 Å². The Labute approximate surface area is 137 Å². The number of hydrogen-bond donors (Lipinski definition) is 2. The lowest BCUT2D eigenvalue weighted by Gasteiger charge is -2.25. The summed E-state index contributed by atoms with van der Waals surface area (Å²) in [6, 6.07) is 8.13. The highest BCUT2D eigenvalue weighted by Crippen LogP contribution is 2.17. The second-order valence-corrected chi connectivity index (χ2v) is 6.09. The molecule has 0 unspecified atom stereocenters. The van der Waals surface area contributed by atoms with E-state index in [2.05, 4.69) is 41.7 Å². The lowest BCUT2D eigenvalue weighted by molar-refractivity contribution is -0.123. The molecule has 0 spiro atoms. The van der Waals surface area contributed by atoms with Crippen molar-refractivity contribution in [1.82, 2.24) is 20.4 Å². The van der Waals surface area contributed by atoms with Crippen molar-refractivity contribution in [2.24, 2.45) is 0 Å². The SMILES string of the molecule is CCn1nc(C)c(CNC(=O)[C@H]2Cc3ccccc3CN2)c1C. The lowest BCUT2D eigenvalue weighted by Crippen LogP contribution is -2.47. The minimum Gasteiger partial charge on any atom is -0.351 e. The molecule has 0 saturated carbocycles. The van der Waals surface area contributed by atoms with Gasteiger partial charge in [-0.2, -0.15) is 5.10 Å². The molecule has 1 aromatic carbocycles. The molecule has 2 aromatic rings. The molecule has 5 heteroatoms. The van der Waals surface area contributed by atoms with E-state index in [-0.39, 0.29) is 11.9 Å². The van der Waals surface area contributed by atoms with E-state index >= 15 is 0 Å². The minimum absolute atomic E-state index is 0.0579. The molecule has 1 amide bonds. The molecule has 1 aromatic heterocycles. The Bertz CT molecular complexity index is 720. The Balaban J connectivity index is 1.64. The molecule has 122 valence electrons. The zero-order valence-electron chi connectivity index (χ0n) is 14.0. The molecule has 1 atom stereocenters. The summed E-state index contributed by atoms with van der Waals surface area (Å²) < 4.78 is 1.98. The van der Waals surface area contributed by atoms with E-state index in [9.17, 15) is 4.79 Å². The van der Waals surface area contributed by atoms with Crippen molar-refractivity contribution in [3.05, 3.63) is 52.3 Å². The molecule has 5 nitrogen and oxygen atoms in total. The van der Waals surface area contributed by atoms with Gasteiger partial charge in [0.2, 0.25) is 5.91 Å². The molecule has 2 N–H and O–H groups in total. The summed E-state index contributed by atoms with van der Waals surface area (Å²) in [5.74, 6) is 0.0579. The van der Waals surface area contributed by atoms with Crippen LogP contribution in [0.2, 0.25) is 0 Å². The van der Waals surface area contributed by atoms with Crippen molar-refractivity contribution in [2.45, 2.75) is 52.9 Å². The molecular formula is C18H24N4O. The lowest BCUT2D eigenvalue weighted by atomic mass is 9.95. The third kappa shape index (κ3) is 3.15. The predicted octanol–water partition coefficient (Wildman–Crippen LogP) is 1.85. The fourth-order valence-corrected chi connectivity index (χ4v) is 3.24. The van der Waals surface area contributed by atoms with Crippen LogP contribution in [0.4, 0.5) is 0 Å². The van der Waals surface area contributed by atoms with Crippen molar-refractivity contribution >= 4 is 5.91 Å².